The summed E-state index contributed by atoms with van der Waals surface area (Å²) in [6.45, 7) is 9.31. The lowest BCUT2D eigenvalue weighted by Crippen LogP contribution is -2.26. The van der Waals surface area contributed by atoms with Crippen molar-refractivity contribution in [2.45, 2.75) is 44.9 Å². The van der Waals surface area contributed by atoms with Gasteiger partial charge < -0.3 is 24.7 Å². The second-order valence-corrected chi connectivity index (χ2v) is 12.8. The van der Waals surface area contributed by atoms with Gasteiger partial charge in [-0.2, -0.15) is 13.2 Å². The van der Waals surface area contributed by atoms with Crippen LogP contribution in [0.1, 0.15) is 61.8 Å². The number of ketones is 1. The van der Waals surface area contributed by atoms with Gasteiger partial charge in [0.2, 0.25) is 0 Å². The molecule has 0 fully saturated rings. The molecule has 4 aromatic rings. The van der Waals surface area contributed by atoms with E-state index in [0.29, 0.717) is 22.3 Å². The van der Waals surface area contributed by atoms with Gasteiger partial charge >= 0.3 is 15.8 Å². The van der Waals surface area contributed by atoms with E-state index >= 15 is 0 Å². The molecule has 0 saturated heterocycles. The third-order valence-electron chi connectivity index (χ3n) is 8.41. The molecule has 10 heteroatoms. The first kappa shape index (κ1) is 31.3. The number of hydrogen-bond acceptors (Lipinski definition) is 7. The number of phenols is 2. The van der Waals surface area contributed by atoms with Crippen molar-refractivity contribution in [2.75, 3.05) is 7.11 Å². The Balaban J connectivity index is 1.65. The first-order valence-corrected chi connectivity index (χ1v) is 15.5. The van der Waals surface area contributed by atoms with E-state index in [1.807, 2.05) is 58.9 Å². The van der Waals surface area contributed by atoms with E-state index < -0.39 is 21.3 Å². The predicted octanol–water partition coefficient (Wildman–Crippen LogP) is 6.34. The largest absolute Gasteiger partial charge is 0.507 e. The zero-order valence-electron chi connectivity index (χ0n) is 25.7. The summed E-state index contributed by atoms with van der Waals surface area (Å²) in [5, 5.41) is 21.1. The van der Waals surface area contributed by atoms with Crippen molar-refractivity contribution in [2.24, 2.45) is 0 Å². The monoisotopic (exact) mass is 624 g/mol. The summed E-state index contributed by atoms with van der Waals surface area (Å²) in [4.78, 5) is 15.4. The lowest BCUT2D eigenvalue weighted by atomic mass is 9.69. The van der Waals surface area contributed by atoms with Crippen molar-refractivity contribution >= 4 is 27.7 Å². The molecule has 9 nitrogen and oxygen atoms in total. The fourth-order valence-electron chi connectivity index (χ4n) is 5.79. The highest BCUT2D eigenvalue weighted by Gasteiger charge is 2.35. The molecule has 1 aliphatic carbocycles. The molecule has 4 aromatic carbocycles. The van der Waals surface area contributed by atoms with Crippen LogP contribution in [0.4, 0.5) is 0 Å². The molecule has 0 bridgehead atoms. The van der Waals surface area contributed by atoms with Crippen molar-refractivity contribution in [3.63, 3.8) is 0 Å². The van der Waals surface area contributed by atoms with Crippen LogP contribution in [0.25, 0.3) is 11.6 Å². The van der Waals surface area contributed by atoms with Crippen molar-refractivity contribution in [3.05, 3.63) is 122 Å². The normalized spacial score (nSPS) is 12.9. The third kappa shape index (κ3) is 5.28. The van der Waals surface area contributed by atoms with Crippen LogP contribution in [0, 0.1) is 27.7 Å². The Morgan fingerprint density at radius 3 is 1.84 bits per heavy atom. The van der Waals surface area contributed by atoms with Crippen LogP contribution >= 0.6 is 0 Å². The Morgan fingerprint density at radius 2 is 1.33 bits per heavy atom. The Hall–Kier alpha value is -5.18. The van der Waals surface area contributed by atoms with Crippen LogP contribution in [-0.4, -0.2) is 42.0 Å². The van der Waals surface area contributed by atoms with E-state index in [1.54, 1.807) is 12.1 Å². The number of carbonyl (C=O) groups is 1. The molecule has 0 heterocycles. The number of ether oxygens (including phenoxy) is 1. The van der Waals surface area contributed by atoms with Crippen LogP contribution in [0.15, 0.2) is 71.6 Å². The highest BCUT2D eigenvalue weighted by atomic mass is 32.2. The second kappa shape index (κ2) is 11.4. The summed E-state index contributed by atoms with van der Waals surface area (Å²) in [5.74, 6) is -0.142. The predicted molar refractivity (Wildman–Crippen MR) is 170 cm³/mol. The number of Topliss-reactive ketones (excluding diaryl/α,β-unsaturated/α-hetero) is 1. The maximum atomic E-state index is 13.6. The van der Waals surface area contributed by atoms with Gasteiger partial charge in [0.1, 0.15) is 16.4 Å². The van der Waals surface area contributed by atoms with Gasteiger partial charge in [-0.3, -0.25) is 4.79 Å². The maximum Gasteiger partial charge on any atom is 0.362 e. The van der Waals surface area contributed by atoms with Gasteiger partial charge in [-0.05, 0) is 97.8 Å². The van der Waals surface area contributed by atoms with E-state index in [4.69, 9.17) is 14.5 Å². The number of aromatic hydroxyl groups is 2. The second-order valence-electron chi connectivity index (χ2n) is 11.3. The van der Waals surface area contributed by atoms with Gasteiger partial charge in [0.05, 0.1) is 7.11 Å². The molecule has 0 aromatic heterocycles. The average molecular weight is 625 g/mol. The quantitative estimate of drug-likeness (QED) is 0.106. The van der Waals surface area contributed by atoms with E-state index in [0.717, 1.165) is 16.7 Å². The molecule has 2 N–H and O–H groups in total. The fraction of sp³-hybridized carbons (Fsp3) is 0.200. The Morgan fingerprint density at radius 1 is 0.778 bits per heavy atom. The molecule has 0 amide bonds. The number of hydrogen-bond donors (Lipinski definition) is 2. The van der Waals surface area contributed by atoms with Gasteiger partial charge in [0.25, 0.3) is 5.78 Å². The molecule has 0 atom stereocenters. The smallest absolute Gasteiger partial charge is 0.362 e. The zero-order chi connectivity index (χ0) is 32.8. The van der Waals surface area contributed by atoms with Crippen LogP contribution in [-0.2, 0) is 15.5 Å². The van der Waals surface area contributed by atoms with Crippen LogP contribution in [0.2, 0.25) is 0 Å². The number of carbonyl (C=O) groups excluding carboxylic acids is 1. The highest BCUT2D eigenvalue weighted by molar-refractivity contribution is 7.87. The number of aryl methyl sites for hydroxylation is 4. The van der Waals surface area contributed by atoms with Gasteiger partial charge in [-0.1, -0.05) is 42.5 Å². The molecule has 1 aliphatic rings. The summed E-state index contributed by atoms with van der Waals surface area (Å²) >= 11 is 0. The average Bonchev–Trinajstić information content (AvgIpc) is 3.01. The van der Waals surface area contributed by atoms with Crippen molar-refractivity contribution < 1.29 is 37.1 Å². The molecule has 0 aliphatic heterocycles. The first-order valence-electron chi connectivity index (χ1n) is 14.0. The Labute approximate surface area is 261 Å². The number of rotatable bonds is 7. The summed E-state index contributed by atoms with van der Waals surface area (Å²) in [5.41, 5.74) is 13.5. The van der Waals surface area contributed by atoms with Gasteiger partial charge in [0.15, 0.2) is 11.5 Å². The summed E-state index contributed by atoms with van der Waals surface area (Å²) in [6, 6.07) is 16.8. The van der Waals surface area contributed by atoms with E-state index in [-0.39, 0.29) is 44.7 Å². The first-order chi connectivity index (χ1) is 21.2. The number of fused-ring (bicyclic) bond motifs is 1. The van der Waals surface area contributed by atoms with Gasteiger partial charge in [-0.15, -0.1) is 0 Å². The molecule has 0 saturated carbocycles. The number of benzene rings is 4. The molecule has 45 heavy (non-hydrogen) atoms. The molecule has 5 rings (SSSR count). The minimum atomic E-state index is -4.46. The lowest BCUT2D eigenvalue weighted by Gasteiger charge is -2.34. The molecular weight excluding hydrogens is 592 g/mol. The van der Waals surface area contributed by atoms with Gasteiger partial charge in [0, 0.05) is 22.6 Å². The summed E-state index contributed by atoms with van der Waals surface area (Å²) < 4.78 is 38.4. The molecule has 230 valence electrons. The minimum Gasteiger partial charge on any atom is -0.507 e. The lowest BCUT2D eigenvalue weighted by molar-refractivity contribution is -0.00436. The van der Waals surface area contributed by atoms with Crippen molar-refractivity contribution in [1.82, 2.24) is 0 Å². The van der Waals surface area contributed by atoms with Gasteiger partial charge in [-0.25, -0.2) is 0 Å². The van der Waals surface area contributed by atoms with Crippen LogP contribution in [0.3, 0.4) is 0 Å². The molecular formula is C35H32N2O7S. The Kier molecular flexibility index (Phi) is 7.91. The number of nitrogens with zero attached hydrogens (tertiary/aromatic N) is 2. The van der Waals surface area contributed by atoms with E-state index in [9.17, 15) is 23.4 Å². The summed E-state index contributed by atoms with van der Waals surface area (Å²) in [6.07, 6.45) is 2.62. The minimum absolute atomic E-state index is 0.0621. The topological polar surface area (TPSA) is 147 Å². The maximum absolute atomic E-state index is 13.6. The highest BCUT2D eigenvalue weighted by Crippen LogP contribution is 2.45. The molecule has 0 spiro atoms. The standard InChI is InChI=1S/C35H32N2O7S/c1-19-14-24(15-20(2)32(19)38)35(5,25-16-21(3)33(39)22(4)17-25)23-10-13-29(30(18-23)43-6)44-45(41,42)31-9-7-8-27-26(31)11-12-28(37-36)34(27)40/h7-18,38-39H,1-6H3. The summed E-state index contributed by atoms with van der Waals surface area (Å²) in [7, 11) is -3.06. The van der Waals surface area contributed by atoms with Crippen LogP contribution < -0.4 is 8.92 Å². The SMILES string of the molecule is COc1cc(C(C)(c2cc(C)c(O)c(C)c2)c2cc(C)c(O)c(C)c2)ccc1OS(=O)(=O)c1cccc2c1C=CC(=[N+]=[N-])C2=O. The number of allylic oxidation sites excluding steroid dienone is 1. The van der Waals surface area contributed by atoms with Crippen LogP contribution in [0.5, 0.6) is 23.0 Å². The number of methoxy groups -OCH3 is 1. The van der Waals surface area contributed by atoms with E-state index in [2.05, 4.69) is 4.79 Å². The van der Waals surface area contributed by atoms with Crippen molar-refractivity contribution in [1.29, 1.82) is 0 Å². The van der Waals surface area contributed by atoms with Crippen molar-refractivity contribution in [3.8, 4) is 23.0 Å². The third-order valence-corrected chi connectivity index (χ3v) is 9.70. The molecule has 0 unspecified atom stereocenters. The zero-order valence-corrected chi connectivity index (χ0v) is 26.5. The fourth-order valence-corrected chi connectivity index (χ4v) is 6.94. The number of phenolic OH excluding ortho intramolecular Hbond substituents is 2. The van der Waals surface area contributed by atoms with E-state index in [1.165, 1.54) is 43.5 Å². The molecule has 0 radical (unpaired) electrons. The Bertz CT molecular complexity index is 1990.